The number of ether oxygens (including phenoxy) is 8. The average Bonchev–Trinajstić information content (AvgIpc) is 1.18. The smallest absolute Gasteiger partial charge is 0.362 e. The fraction of sp³-hybridized carbons (Fsp3) is 0.750. The van der Waals surface area contributed by atoms with Crippen molar-refractivity contribution in [1.29, 1.82) is 0 Å². The van der Waals surface area contributed by atoms with Crippen LogP contribution in [0.2, 0.25) is 0 Å². The van der Waals surface area contributed by atoms with Gasteiger partial charge in [0.25, 0.3) is 0 Å². The summed E-state index contributed by atoms with van der Waals surface area (Å²) in [6.07, 6.45) is -48.4. The van der Waals surface area contributed by atoms with Crippen LogP contribution < -0.4 is 0 Å². The molecule has 0 spiro atoms. The summed E-state index contributed by atoms with van der Waals surface area (Å²) < 4.78 is 529. The second kappa shape index (κ2) is 22.7. The Morgan fingerprint density at radius 3 is 0.811 bits per heavy atom. The van der Waals surface area contributed by atoms with Gasteiger partial charge in [-0.05, 0) is 51.7 Å². The van der Waals surface area contributed by atoms with Crippen molar-refractivity contribution in [1.82, 2.24) is 0 Å². The maximum Gasteiger partial charge on any atom is 0.460 e. The van der Waals surface area contributed by atoms with Gasteiger partial charge in [-0.3, -0.25) is 0 Å². The Labute approximate surface area is 480 Å². The van der Waals surface area contributed by atoms with Crippen molar-refractivity contribution in [3.63, 3.8) is 0 Å². The largest absolute Gasteiger partial charge is 0.460 e. The van der Waals surface area contributed by atoms with Gasteiger partial charge in [0, 0.05) is 12.8 Å². The lowest BCUT2D eigenvalue weighted by molar-refractivity contribution is -0.462. The van der Waals surface area contributed by atoms with Gasteiger partial charge in [-0.1, -0.05) is 60.7 Å². The van der Waals surface area contributed by atoms with Crippen molar-refractivity contribution in [2.45, 2.75) is 222 Å². The second-order valence-corrected chi connectivity index (χ2v) is 21.5. The molecule has 4 aliphatic rings. The van der Waals surface area contributed by atoms with Crippen LogP contribution in [0.15, 0.2) is 60.7 Å². The van der Waals surface area contributed by atoms with E-state index in [0.717, 1.165) is 76.2 Å². The zero-order chi connectivity index (χ0) is 69.5. The first-order chi connectivity index (χ1) is 40.0. The van der Waals surface area contributed by atoms with Crippen LogP contribution in [0.1, 0.15) is 76.7 Å². The zero-order valence-electron chi connectivity index (χ0n) is 44.5. The molecule has 4 fully saturated rings. The fourth-order valence-corrected chi connectivity index (χ4v) is 9.51. The maximum absolute atomic E-state index is 15.5. The Balaban J connectivity index is 1.38. The minimum atomic E-state index is -8.97. The predicted octanol–water partition coefficient (Wildman–Crippen LogP) is 16.6. The lowest BCUT2D eigenvalue weighted by Crippen LogP contribution is -2.74. The molecule has 0 aliphatic carbocycles. The molecule has 2 aromatic carbocycles. The molecule has 10 atom stereocenters. The monoisotopic (exact) mass is 1390 g/mol. The molecule has 8 nitrogen and oxygen atoms in total. The Kier molecular flexibility index (Phi) is 18.9. The van der Waals surface area contributed by atoms with Crippen LogP contribution in [0.3, 0.4) is 0 Å². The van der Waals surface area contributed by atoms with E-state index < -0.39 is 194 Å². The summed E-state index contributed by atoms with van der Waals surface area (Å²) in [5, 5.41) is 0. The molecule has 0 N–H and O–H groups in total. The van der Waals surface area contributed by atoms with Crippen LogP contribution in [0.5, 0.6) is 0 Å². The zero-order valence-corrected chi connectivity index (χ0v) is 44.5. The Morgan fingerprint density at radius 2 is 0.567 bits per heavy atom. The summed E-state index contributed by atoms with van der Waals surface area (Å²) in [7, 11) is 0. The van der Waals surface area contributed by atoms with Crippen molar-refractivity contribution in [2.75, 3.05) is 0 Å². The molecule has 90 heavy (non-hydrogen) atoms. The van der Waals surface area contributed by atoms with Gasteiger partial charge < -0.3 is 37.9 Å². The van der Waals surface area contributed by atoms with Gasteiger partial charge in [0.15, 0.2) is 24.2 Å². The molecule has 0 unspecified atom stereocenters. The Morgan fingerprint density at radius 1 is 0.333 bits per heavy atom. The highest BCUT2D eigenvalue weighted by atomic mass is 19.4. The molecule has 518 valence electrons. The number of hydrogen-bond donors (Lipinski definition) is 0. The van der Waals surface area contributed by atoms with Gasteiger partial charge in [-0.2, -0.15) is 149 Å². The number of hydrogen-bond acceptors (Lipinski definition) is 8. The molecule has 0 bridgehead atoms. The number of fused-ring (bicyclic) bond motifs is 2. The third-order valence-electron chi connectivity index (χ3n) is 14.4. The first-order valence-corrected chi connectivity index (χ1v) is 24.8. The lowest BCUT2D eigenvalue weighted by Gasteiger charge is -2.43. The summed E-state index contributed by atoms with van der Waals surface area (Å²) in [6.45, 7) is 4.31. The van der Waals surface area contributed by atoms with Crippen molar-refractivity contribution in [3.8, 4) is 0 Å². The van der Waals surface area contributed by atoms with Gasteiger partial charge in [0.05, 0.1) is 12.2 Å². The third-order valence-corrected chi connectivity index (χ3v) is 14.4. The summed E-state index contributed by atoms with van der Waals surface area (Å²) in [5.41, 5.74) is -0.611. The van der Waals surface area contributed by atoms with Gasteiger partial charge in [0.1, 0.15) is 36.6 Å². The van der Waals surface area contributed by atoms with E-state index in [4.69, 9.17) is 37.9 Å². The molecule has 0 radical (unpaired) electrons. The Hall–Kier alpha value is -4.26. The van der Waals surface area contributed by atoms with Gasteiger partial charge >= 0.3 is 95.3 Å². The topological polar surface area (TPSA) is 73.8 Å². The third kappa shape index (κ3) is 11.7. The first kappa shape index (κ1) is 74.8. The van der Waals surface area contributed by atoms with Crippen molar-refractivity contribution in [3.05, 3.63) is 71.8 Å². The van der Waals surface area contributed by atoms with Crippen molar-refractivity contribution in [2.24, 2.45) is 0 Å². The van der Waals surface area contributed by atoms with Crippen LogP contribution in [-0.4, -0.2) is 156 Å². The van der Waals surface area contributed by atoms with Crippen LogP contribution in [0.25, 0.3) is 0 Å². The van der Waals surface area contributed by atoms with E-state index in [1.54, 1.807) is 0 Å². The maximum atomic E-state index is 15.5. The SMILES string of the molecule is CC1(C)O[C@H]2O[C@H](CCC(F)(F)C(F)(F)C(F)(F)C(F)(F)C(F)(F)C(F)(F)C(F)(F)C(F)(F)F)[C@H](O[C@H](c3ccccc3)[C@H](O[C@@H]3[C@H]4OC(C)(C)O[C@H]4O[C@@H]3CCC(F)(F)C(F)(F)C(F)(F)C(F)(F)C(F)(F)C(F)(F)C(F)(F)C(F)(F)F)c3ccccc3)[C@H]2O1. The summed E-state index contributed by atoms with van der Waals surface area (Å²) in [5.74, 6) is -122. The first-order valence-electron chi connectivity index (χ1n) is 24.8. The lowest BCUT2D eigenvalue weighted by atomic mass is 9.87. The molecule has 0 saturated carbocycles. The van der Waals surface area contributed by atoms with Gasteiger partial charge in [0.2, 0.25) is 0 Å². The second-order valence-electron chi connectivity index (χ2n) is 21.5. The molecule has 4 saturated heterocycles. The molecular formula is C48H40F34O8. The quantitative estimate of drug-likeness (QED) is 0.0911. The molecule has 2 aromatic rings. The van der Waals surface area contributed by atoms with E-state index in [1.807, 2.05) is 0 Å². The van der Waals surface area contributed by atoms with E-state index in [0.29, 0.717) is 0 Å². The van der Waals surface area contributed by atoms with E-state index in [-0.39, 0.29) is 11.1 Å². The van der Waals surface area contributed by atoms with Gasteiger partial charge in [-0.25, -0.2) is 0 Å². The number of halogens is 34. The van der Waals surface area contributed by atoms with E-state index in [2.05, 4.69) is 0 Å². The van der Waals surface area contributed by atoms with Crippen molar-refractivity contribution < 1.29 is 187 Å². The van der Waals surface area contributed by atoms with Crippen LogP contribution in [0, 0.1) is 0 Å². The molecule has 42 heteroatoms. The van der Waals surface area contributed by atoms with Crippen LogP contribution >= 0.6 is 0 Å². The highest BCUT2D eigenvalue weighted by molar-refractivity contribution is 5.27. The van der Waals surface area contributed by atoms with Crippen LogP contribution in [-0.2, 0) is 37.9 Å². The van der Waals surface area contributed by atoms with Crippen LogP contribution in [0.4, 0.5) is 149 Å². The average molecular weight is 1390 g/mol. The number of alkyl halides is 34. The summed E-state index contributed by atoms with van der Waals surface area (Å²) in [6, 6.07) is 11.3. The molecule has 4 aliphatic heterocycles. The normalized spacial score (nSPS) is 26.4. The van der Waals surface area contributed by atoms with E-state index in [9.17, 15) is 114 Å². The number of rotatable bonds is 25. The van der Waals surface area contributed by atoms with E-state index in [1.165, 1.54) is 12.1 Å². The molecule has 0 amide bonds. The van der Waals surface area contributed by atoms with Crippen molar-refractivity contribution >= 4 is 0 Å². The standard InChI is InChI=1S/C48H40F34O8/c1-31(2)87-27-25(21(83-29(27)89-31)15-17-33(49,50)35(53,54)37(57,58)39(61,62)41(65,66)43(69,70)45(73,74)47(77,78)79)85-23(19-11-7-5-8-12-19)24(20-13-9-6-10-14-20)86-26-22(84-30-28(26)88-32(3,4)90-30)16-18-34(51,52)36(55,56)38(59,60)40(63,64)42(67,68)44(71,72)46(75,76)48(80,81)82/h5-14,21-30H,15-18H2,1-4H3/t21-,22-,23-,24-,25+,26+,27-,28-,29-,30-/m1/s1. The molecule has 6 rings (SSSR count). The predicted molar refractivity (Wildman–Crippen MR) is 225 cm³/mol. The molecule has 4 heterocycles. The summed E-state index contributed by atoms with van der Waals surface area (Å²) in [4.78, 5) is 0. The molecule has 0 aromatic heterocycles. The van der Waals surface area contributed by atoms with Gasteiger partial charge in [-0.15, -0.1) is 0 Å². The molecular weight excluding hydrogens is 1350 g/mol. The summed E-state index contributed by atoms with van der Waals surface area (Å²) >= 11 is 0. The minimum Gasteiger partial charge on any atom is -0.362 e. The Bertz CT molecular complexity index is 2620. The fourth-order valence-electron chi connectivity index (χ4n) is 9.51. The minimum absolute atomic E-state index is 0.306. The highest BCUT2D eigenvalue weighted by Crippen LogP contribution is 2.67. The highest BCUT2D eigenvalue weighted by Gasteiger charge is 2.97. The number of benzene rings is 2. The van der Waals surface area contributed by atoms with E-state index >= 15 is 35.1 Å².